The van der Waals surface area contributed by atoms with Gasteiger partial charge in [-0.05, 0) is 0 Å². The number of nitrogens with one attached hydrogen (secondary N) is 1. The quantitative estimate of drug-likeness (QED) is 0.553. The molecule has 0 aliphatic carbocycles. The summed E-state index contributed by atoms with van der Waals surface area (Å²) < 4.78 is 8.61. The van der Waals surface area contributed by atoms with Crippen molar-refractivity contribution >= 4 is 0 Å². The number of ether oxygens (including phenoxy) is 1. The maximum atomic E-state index is 5.81. The van der Waals surface area contributed by atoms with Gasteiger partial charge in [0.2, 0.25) is 0 Å². The molecule has 2 rings (SSSR count). The molecule has 1 N–H and O–H groups in total. The van der Waals surface area contributed by atoms with Gasteiger partial charge in [-0.3, -0.25) is 0 Å². The van der Waals surface area contributed by atoms with Crippen molar-refractivity contribution in [2.75, 3.05) is 22.0 Å². The average Bonchev–Trinajstić information content (AvgIpc) is 2.53. The first-order chi connectivity index (χ1) is 7.84. The molecule has 3 heteroatoms. The molecule has 1 aromatic carbocycles. The minimum absolute atomic E-state index is 0.382. The molecule has 16 heavy (non-hydrogen) atoms. The second kappa shape index (κ2) is 6.45. The Morgan fingerprint density at radius 1 is 1.31 bits per heavy atom. The summed E-state index contributed by atoms with van der Waals surface area (Å²) >= 11 is 0.382. The predicted octanol–water partition coefficient (Wildman–Crippen LogP) is -1.24. The molecule has 0 bridgehead atoms. The van der Waals surface area contributed by atoms with Crippen molar-refractivity contribution in [3.05, 3.63) is 30.3 Å². The van der Waals surface area contributed by atoms with Crippen LogP contribution in [0.5, 0.6) is 5.75 Å². The van der Waals surface area contributed by atoms with Gasteiger partial charge in [0.25, 0.3) is 0 Å². The van der Waals surface area contributed by atoms with E-state index in [1.807, 2.05) is 30.3 Å². The summed E-state index contributed by atoms with van der Waals surface area (Å²) in [6.45, 7) is 4.28. The van der Waals surface area contributed by atoms with E-state index >= 15 is 0 Å². The van der Waals surface area contributed by atoms with Crippen molar-refractivity contribution in [1.29, 1.82) is 0 Å². The Labute approximate surface area is 108 Å². The molecule has 0 spiro atoms. The van der Waals surface area contributed by atoms with E-state index in [0.717, 1.165) is 24.9 Å². The molecule has 1 heterocycles. The molecule has 1 aliphatic heterocycles. The Bertz CT molecular complexity index is 304. The summed E-state index contributed by atoms with van der Waals surface area (Å²) in [6, 6.07) is 10.8. The van der Waals surface area contributed by atoms with Crippen LogP contribution in [0, 0.1) is 5.92 Å². The number of halogens is 1. The van der Waals surface area contributed by atoms with E-state index in [9.17, 15) is 0 Å². The predicted molar refractivity (Wildman–Crippen MR) is 62.6 cm³/mol. The SMILES string of the molecule is CC1C[I-]CC(COc2ccccc2)CN1. The molecule has 90 valence electrons. The number of rotatable bonds is 3. The number of hydrogen-bond acceptors (Lipinski definition) is 2. The minimum atomic E-state index is 0.382. The molecular weight excluding hydrogens is 313 g/mol. The fraction of sp³-hybridized carbons (Fsp3) is 0.538. The molecule has 0 radical (unpaired) electrons. The van der Waals surface area contributed by atoms with E-state index in [1.54, 1.807) is 0 Å². The van der Waals surface area contributed by atoms with Crippen LogP contribution in [0.1, 0.15) is 6.92 Å². The summed E-state index contributed by atoms with van der Waals surface area (Å²) in [5.41, 5.74) is 0. The zero-order valence-electron chi connectivity index (χ0n) is 9.66. The van der Waals surface area contributed by atoms with Gasteiger partial charge in [-0.15, -0.1) is 0 Å². The molecule has 2 nitrogen and oxygen atoms in total. The molecule has 0 amide bonds. The Hall–Kier alpha value is -0.290. The number of alkyl halides is 2. The van der Waals surface area contributed by atoms with Crippen LogP contribution < -0.4 is 31.3 Å². The van der Waals surface area contributed by atoms with E-state index in [-0.39, 0.29) is 0 Å². The summed E-state index contributed by atoms with van der Waals surface area (Å²) in [4.78, 5) is 0. The monoisotopic (exact) mass is 332 g/mol. The van der Waals surface area contributed by atoms with Crippen molar-refractivity contribution in [3.8, 4) is 5.75 Å². The van der Waals surface area contributed by atoms with Crippen LogP contribution in [-0.2, 0) is 0 Å². The number of hydrogen-bond donors (Lipinski definition) is 1. The van der Waals surface area contributed by atoms with E-state index in [1.165, 1.54) is 8.86 Å². The average molecular weight is 332 g/mol. The van der Waals surface area contributed by atoms with E-state index in [0.29, 0.717) is 27.1 Å². The van der Waals surface area contributed by atoms with Gasteiger partial charge in [0, 0.05) is 0 Å². The molecule has 1 aromatic rings. The first-order valence-corrected chi connectivity index (χ1v) is 8.84. The standard InChI is InChI=1S/C13H19INO/c1-11-7-14-8-12(9-15-11)10-16-13-5-3-2-4-6-13/h2-6,11-12,15H,7-10H2,1H3/q-1. The fourth-order valence-corrected chi connectivity index (χ4v) is 4.74. The summed E-state index contributed by atoms with van der Waals surface area (Å²) in [6.07, 6.45) is 0. The molecule has 1 aliphatic rings. The fourth-order valence-electron chi connectivity index (χ4n) is 1.69. The summed E-state index contributed by atoms with van der Waals surface area (Å²) in [7, 11) is 0. The zero-order chi connectivity index (χ0) is 11.2. The van der Waals surface area contributed by atoms with Crippen LogP contribution in [0.2, 0.25) is 0 Å². The summed E-state index contributed by atoms with van der Waals surface area (Å²) in [5.74, 6) is 1.70. The van der Waals surface area contributed by atoms with Crippen LogP contribution in [0.25, 0.3) is 0 Å². The van der Waals surface area contributed by atoms with Crippen LogP contribution >= 0.6 is 0 Å². The number of para-hydroxylation sites is 1. The van der Waals surface area contributed by atoms with Gasteiger partial charge in [-0.1, -0.05) is 0 Å². The Kier molecular flexibility index (Phi) is 4.91. The van der Waals surface area contributed by atoms with Gasteiger partial charge in [0.15, 0.2) is 0 Å². The third kappa shape index (κ3) is 3.94. The van der Waals surface area contributed by atoms with Crippen molar-refractivity contribution in [2.45, 2.75) is 13.0 Å². The van der Waals surface area contributed by atoms with Crippen LogP contribution in [-0.4, -0.2) is 28.0 Å². The molecule has 2 atom stereocenters. The Morgan fingerprint density at radius 2 is 2.12 bits per heavy atom. The van der Waals surface area contributed by atoms with Crippen LogP contribution in [0.3, 0.4) is 0 Å². The van der Waals surface area contributed by atoms with Crippen molar-refractivity contribution in [3.63, 3.8) is 0 Å². The van der Waals surface area contributed by atoms with E-state index in [4.69, 9.17) is 4.74 Å². The van der Waals surface area contributed by atoms with E-state index < -0.39 is 0 Å². The van der Waals surface area contributed by atoms with Gasteiger partial charge >= 0.3 is 108 Å². The first-order valence-electron chi connectivity index (χ1n) is 5.79. The Morgan fingerprint density at radius 3 is 2.94 bits per heavy atom. The number of benzene rings is 1. The zero-order valence-corrected chi connectivity index (χ0v) is 11.8. The second-order valence-electron chi connectivity index (χ2n) is 4.30. The molecule has 1 saturated heterocycles. The van der Waals surface area contributed by atoms with Gasteiger partial charge in [0.05, 0.1) is 0 Å². The van der Waals surface area contributed by atoms with Crippen LogP contribution in [0.15, 0.2) is 30.3 Å². The van der Waals surface area contributed by atoms with Crippen molar-refractivity contribution < 1.29 is 25.9 Å². The second-order valence-corrected chi connectivity index (χ2v) is 7.14. The topological polar surface area (TPSA) is 21.3 Å². The molecule has 2 unspecified atom stereocenters. The van der Waals surface area contributed by atoms with E-state index in [2.05, 4.69) is 12.2 Å². The Balaban J connectivity index is 1.77. The normalized spacial score (nSPS) is 26.6. The third-order valence-corrected chi connectivity index (χ3v) is 6.46. The van der Waals surface area contributed by atoms with Gasteiger partial charge in [0.1, 0.15) is 0 Å². The molecule has 1 fully saturated rings. The molecule has 0 aromatic heterocycles. The van der Waals surface area contributed by atoms with Crippen molar-refractivity contribution in [1.82, 2.24) is 5.32 Å². The first kappa shape index (κ1) is 12.2. The molecular formula is C13H19INO-. The third-order valence-electron chi connectivity index (χ3n) is 2.65. The van der Waals surface area contributed by atoms with Crippen LogP contribution in [0.4, 0.5) is 0 Å². The van der Waals surface area contributed by atoms with Gasteiger partial charge < -0.3 is 0 Å². The summed E-state index contributed by atoms with van der Waals surface area (Å²) in [5, 5.41) is 3.58. The maximum absolute atomic E-state index is 5.81. The molecule has 0 saturated carbocycles. The van der Waals surface area contributed by atoms with Gasteiger partial charge in [-0.25, -0.2) is 0 Å². The van der Waals surface area contributed by atoms with Gasteiger partial charge in [-0.2, -0.15) is 0 Å². The van der Waals surface area contributed by atoms with Crippen molar-refractivity contribution in [2.24, 2.45) is 5.92 Å².